The third kappa shape index (κ3) is 3.95. The van der Waals surface area contributed by atoms with Crippen LogP contribution in [0.15, 0.2) is 91.3 Å². The second kappa shape index (κ2) is 8.57. The lowest BCUT2D eigenvalue weighted by Crippen LogP contribution is -2.22. The maximum Gasteiger partial charge on any atom is 0.251 e. The van der Waals surface area contributed by atoms with E-state index in [1.54, 1.807) is 24.5 Å². The normalized spacial score (nSPS) is 11.7. The molecule has 6 rings (SSSR count). The highest BCUT2D eigenvalue weighted by molar-refractivity contribution is 5.96. The number of rotatable bonds is 5. The molecule has 0 saturated carbocycles. The van der Waals surface area contributed by atoms with Crippen LogP contribution in [-0.2, 0) is 13.0 Å². The number of aromatic nitrogens is 3. The number of hydrogen-bond acceptors (Lipinski definition) is 4. The van der Waals surface area contributed by atoms with Gasteiger partial charge in [0.05, 0.1) is 11.4 Å². The Morgan fingerprint density at radius 2 is 1.69 bits per heavy atom. The number of carbonyl (C=O) groups is 1. The Morgan fingerprint density at radius 3 is 2.43 bits per heavy atom. The molecule has 2 aromatic heterocycles. The van der Waals surface area contributed by atoms with Crippen molar-refractivity contribution in [1.82, 2.24) is 20.5 Å². The molecule has 6 nitrogen and oxygen atoms in total. The van der Waals surface area contributed by atoms with Gasteiger partial charge in [0.25, 0.3) is 5.91 Å². The maximum absolute atomic E-state index is 12.7. The Hall–Kier alpha value is -4.71. The summed E-state index contributed by atoms with van der Waals surface area (Å²) in [5, 5.41) is 20.3. The van der Waals surface area contributed by atoms with E-state index in [0.717, 1.165) is 56.8 Å². The number of amides is 1. The third-order valence-electron chi connectivity index (χ3n) is 6.41. The number of nitrogens with zero attached hydrogens (tertiary/aromatic N) is 2. The van der Waals surface area contributed by atoms with Gasteiger partial charge in [-0.05, 0) is 52.6 Å². The van der Waals surface area contributed by atoms with Gasteiger partial charge >= 0.3 is 0 Å². The summed E-state index contributed by atoms with van der Waals surface area (Å²) in [7, 11) is 0. The minimum atomic E-state index is -0.101. The minimum absolute atomic E-state index is 0.101. The van der Waals surface area contributed by atoms with E-state index in [0.29, 0.717) is 12.1 Å². The van der Waals surface area contributed by atoms with Crippen LogP contribution in [0.1, 0.15) is 27.0 Å². The van der Waals surface area contributed by atoms with Gasteiger partial charge in [-0.15, -0.1) is 0 Å². The van der Waals surface area contributed by atoms with E-state index >= 15 is 0 Å². The van der Waals surface area contributed by atoms with Gasteiger partial charge in [-0.1, -0.05) is 48.5 Å². The lowest BCUT2D eigenvalue weighted by molar-refractivity contribution is 0.0951. The summed E-state index contributed by atoms with van der Waals surface area (Å²) in [5.74, 6) is 0.154. The van der Waals surface area contributed by atoms with Gasteiger partial charge in [-0.25, -0.2) is 0 Å². The second-order valence-electron chi connectivity index (χ2n) is 8.64. The molecule has 0 atom stereocenters. The number of phenols is 1. The molecule has 170 valence electrons. The minimum Gasteiger partial charge on any atom is -0.508 e. The molecule has 6 heteroatoms. The molecular formula is C29H22N4O2. The molecule has 0 bridgehead atoms. The van der Waals surface area contributed by atoms with Gasteiger partial charge in [-0.3, -0.25) is 14.9 Å². The summed E-state index contributed by atoms with van der Waals surface area (Å²) in [6, 6.07) is 25.1. The highest BCUT2D eigenvalue weighted by Crippen LogP contribution is 2.40. The highest BCUT2D eigenvalue weighted by Gasteiger charge is 2.26. The van der Waals surface area contributed by atoms with E-state index in [1.165, 1.54) is 0 Å². The summed E-state index contributed by atoms with van der Waals surface area (Å²) in [6.45, 7) is 0.441. The fourth-order valence-electron chi connectivity index (χ4n) is 4.58. The number of H-pyrrole nitrogens is 1. The quantitative estimate of drug-likeness (QED) is 0.325. The number of pyridine rings is 1. The first-order valence-corrected chi connectivity index (χ1v) is 11.4. The zero-order chi connectivity index (χ0) is 23.8. The van der Waals surface area contributed by atoms with E-state index in [2.05, 4.69) is 44.8 Å². The Morgan fingerprint density at radius 1 is 0.943 bits per heavy atom. The number of aromatic amines is 1. The van der Waals surface area contributed by atoms with Crippen molar-refractivity contribution in [2.24, 2.45) is 0 Å². The maximum atomic E-state index is 12.7. The van der Waals surface area contributed by atoms with Crippen molar-refractivity contribution in [2.75, 3.05) is 0 Å². The predicted molar refractivity (Wildman–Crippen MR) is 135 cm³/mol. The van der Waals surface area contributed by atoms with Crippen LogP contribution < -0.4 is 5.32 Å². The molecule has 0 saturated heterocycles. The molecule has 0 unspecified atom stereocenters. The van der Waals surface area contributed by atoms with Crippen LogP contribution in [0.3, 0.4) is 0 Å². The number of fused-ring (bicyclic) bond motifs is 3. The fourth-order valence-corrected chi connectivity index (χ4v) is 4.58. The van der Waals surface area contributed by atoms with Crippen molar-refractivity contribution in [2.45, 2.75) is 13.0 Å². The van der Waals surface area contributed by atoms with E-state index in [1.807, 2.05) is 42.5 Å². The number of aromatic hydroxyl groups is 1. The van der Waals surface area contributed by atoms with Gasteiger partial charge in [0.15, 0.2) is 0 Å². The highest BCUT2D eigenvalue weighted by atomic mass is 16.3. The molecule has 0 fully saturated rings. The topological polar surface area (TPSA) is 90.9 Å². The van der Waals surface area contributed by atoms with E-state index in [-0.39, 0.29) is 11.7 Å². The molecule has 3 aromatic carbocycles. The van der Waals surface area contributed by atoms with Crippen molar-refractivity contribution in [3.8, 4) is 39.4 Å². The summed E-state index contributed by atoms with van der Waals surface area (Å²) in [4.78, 5) is 16.8. The summed E-state index contributed by atoms with van der Waals surface area (Å²) in [5.41, 5.74) is 10.0. The monoisotopic (exact) mass is 458 g/mol. The molecule has 5 aromatic rings. The standard InChI is InChI=1S/C29H22N4O2/c34-24-10-7-20(8-11-24)19-3-5-21(6-4-19)27-26-15-23-14-22(9-12-25(23)28(26)33-32-27)29(35)31-17-18-2-1-13-30-16-18/h1-14,16,34H,15,17H2,(H,31,35)(H,32,33). The molecule has 2 heterocycles. The van der Waals surface area contributed by atoms with Crippen LogP contribution in [-0.4, -0.2) is 26.2 Å². The molecule has 1 amide bonds. The Bertz CT molecular complexity index is 1520. The van der Waals surface area contributed by atoms with Crippen molar-refractivity contribution in [3.63, 3.8) is 0 Å². The molecule has 1 aliphatic carbocycles. The van der Waals surface area contributed by atoms with Crippen molar-refractivity contribution < 1.29 is 9.90 Å². The van der Waals surface area contributed by atoms with Gasteiger partial charge in [-0.2, -0.15) is 5.10 Å². The zero-order valence-electron chi connectivity index (χ0n) is 18.8. The second-order valence-corrected chi connectivity index (χ2v) is 8.64. The zero-order valence-corrected chi connectivity index (χ0v) is 18.8. The Balaban J connectivity index is 1.21. The van der Waals surface area contributed by atoms with Crippen LogP contribution in [0, 0.1) is 0 Å². The predicted octanol–water partition coefficient (Wildman–Crippen LogP) is 5.35. The number of nitrogens with one attached hydrogen (secondary N) is 2. The van der Waals surface area contributed by atoms with E-state index in [4.69, 9.17) is 0 Å². The number of benzene rings is 3. The van der Waals surface area contributed by atoms with E-state index in [9.17, 15) is 9.90 Å². The van der Waals surface area contributed by atoms with E-state index < -0.39 is 0 Å². The van der Waals surface area contributed by atoms with Crippen molar-refractivity contribution >= 4 is 5.91 Å². The lowest BCUT2D eigenvalue weighted by atomic mass is 10.0. The van der Waals surface area contributed by atoms with Gasteiger partial charge in [0.2, 0.25) is 0 Å². The first-order chi connectivity index (χ1) is 17.2. The van der Waals surface area contributed by atoms with Crippen LogP contribution >= 0.6 is 0 Å². The first kappa shape index (κ1) is 20.9. The summed E-state index contributed by atoms with van der Waals surface area (Å²) < 4.78 is 0. The lowest BCUT2D eigenvalue weighted by Gasteiger charge is -2.07. The van der Waals surface area contributed by atoms with Gasteiger partial charge < -0.3 is 10.4 Å². The Labute approximate surface area is 202 Å². The largest absolute Gasteiger partial charge is 0.508 e. The van der Waals surface area contributed by atoms with Crippen molar-refractivity contribution in [3.05, 3.63) is 114 Å². The average molecular weight is 459 g/mol. The van der Waals surface area contributed by atoms with Crippen LogP contribution in [0.5, 0.6) is 5.75 Å². The van der Waals surface area contributed by atoms with Crippen LogP contribution in [0.2, 0.25) is 0 Å². The molecule has 1 aliphatic rings. The smallest absolute Gasteiger partial charge is 0.251 e. The van der Waals surface area contributed by atoms with Gasteiger partial charge in [0, 0.05) is 47.6 Å². The molecule has 3 N–H and O–H groups in total. The van der Waals surface area contributed by atoms with Crippen LogP contribution in [0.25, 0.3) is 33.6 Å². The average Bonchev–Trinajstić information content (AvgIpc) is 3.47. The third-order valence-corrected chi connectivity index (χ3v) is 6.41. The number of phenolic OH excluding ortho intramolecular Hbond substituents is 1. The molecule has 35 heavy (non-hydrogen) atoms. The molecule has 0 radical (unpaired) electrons. The molecule has 0 aliphatic heterocycles. The first-order valence-electron chi connectivity index (χ1n) is 11.4. The summed E-state index contributed by atoms with van der Waals surface area (Å²) in [6.07, 6.45) is 4.19. The van der Waals surface area contributed by atoms with Crippen molar-refractivity contribution in [1.29, 1.82) is 0 Å². The number of hydrogen-bond donors (Lipinski definition) is 3. The molecular weight excluding hydrogens is 436 g/mol. The molecule has 0 spiro atoms. The summed E-state index contributed by atoms with van der Waals surface area (Å²) >= 11 is 0. The van der Waals surface area contributed by atoms with Gasteiger partial charge in [0.1, 0.15) is 5.75 Å². The SMILES string of the molecule is O=C(NCc1cccnc1)c1ccc2c(c1)Cc1c(-c3ccc(-c4ccc(O)cc4)cc3)n[nH]c1-2. The number of carbonyl (C=O) groups excluding carboxylic acids is 1. The Kier molecular flexibility index (Phi) is 5.11. The fraction of sp³-hybridized carbons (Fsp3) is 0.0690. The van der Waals surface area contributed by atoms with Crippen LogP contribution in [0.4, 0.5) is 0 Å².